The normalized spacial score (nSPS) is 22.2. The average molecular weight is 282 g/mol. The van der Waals surface area contributed by atoms with Gasteiger partial charge in [-0.25, -0.2) is 0 Å². The van der Waals surface area contributed by atoms with Crippen molar-refractivity contribution in [1.82, 2.24) is 0 Å². The zero-order valence-corrected chi connectivity index (χ0v) is 11.4. The molecule has 2 N–H and O–H groups in total. The summed E-state index contributed by atoms with van der Waals surface area (Å²) in [6.45, 7) is 1.87. The number of benzene rings is 1. The zero-order chi connectivity index (χ0) is 14.0. The van der Waals surface area contributed by atoms with Crippen molar-refractivity contribution in [3.63, 3.8) is 0 Å². The molecule has 1 aliphatic rings. The van der Waals surface area contributed by atoms with Gasteiger partial charge in [0.2, 0.25) is 5.91 Å². The molecule has 0 spiro atoms. The van der Waals surface area contributed by atoms with Gasteiger partial charge in [-0.2, -0.15) is 0 Å². The molecule has 1 aromatic rings. The van der Waals surface area contributed by atoms with Crippen LogP contribution in [0.2, 0.25) is 5.02 Å². The fraction of sp³-hybridized carbons (Fsp3) is 0.429. The molecule has 2 atom stereocenters. The van der Waals surface area contributed by atoms with Crippen molar-refractivity contribution in [3.05, 3.63) is 28.8 Å². The lowest BCUT2D eigenvalue weighted by molar-refractivity contribution is -0.141. The number of hydrogen-bond acceptors (Lipinski definition) is 2. The van der Waals surface area contributed by atoms with E-state index < -0.39 is 5.97 Å². The number of amides is 1. The molecule has 2 rings (SSSR count). The predicted octanol–water partition coefficient (Wildman–Crippen LogP) is 3.09. The summed E-state index contributed by atoms with van der Waals surface area (Å²) in [6.07, 6.45) is 1.64. The number of carboxylic acid groups (broad SMARTS) is 1. The highest BCUT2D eigenvalue weighted by molar-refractivity contribution is 6.30. The summed E-state index contributed by atoms with van der Waals surface area (Å²) in [5.41, 5.74) is 1.63. The molecule has 0 saturated heterocycles. The fourth-order valence-electron chi connectivity index (χ4n) is 2.45. The molecule has 0 heterocycles. The topological polar surface area (TPSA) is 66.4 Å². The highest BCUT2D eigenvalue weighted by Gasteiger charge is 2.33. The smallest absolute Gasteiger partial charge is 0.306 e. The van der Waals surface area contributed by atoms with Gasteiger partial charge in [-0.15, -0.1) is 0 Å². The maximum absolute atomic E-state index is 12.1. The van der Waals surface area contributed by atoms with Gasteiger partial charge >= 0.3 is 5.97 Å². The molecular formula is C14H16ClNO3. The second kappa shape index (κ2) is 5.61. The van der Waals surface area contributed by atoms with Crippen molar-refractivity contribution in [1.29, 1.82) is 0 Å². The second-order valence-electron chi connectivity index (χ2n) is 4.99. The van der Waals surface area contributed by atoms with E-state index in [2.05, 4.69) is 5.32 Å². The highest BCUT2D eigenvalue weighted by atomic mass is 35.5. The number of rotatable bonds is 3. The van der Waals surface area contributed by atoms with Gasteiger partial charge in [0.25, 0.3) is 0 Å². The van der Waals surface area contributed by atoms with Gasteiger partial charge in [-0.1, -0.05) is 11.6 Å². The van der Waals surface area contributed by atoms with E-state index in [9.17, 15) is 9.59 Å². The summed E-state index contributed by atoms with van der Waals surface area (Å²) < 4.78 is 0. The van der Waals surface area contributed by atoms with Crippen LogP contribution in [-0.4, -0.2) is 17.0 Å². The van der Waals surface area contributed by atoms with Crippen molar-refractivity contribution in [2.75, 3.05) is 5.32 Å². The van der Waals surface area contributed by atoms with Crippen molar-refractivity contribution in [2.45, 2.75) is 26.2 Å². The van der Waals surface area contributed by atoms with Crippen LogP contribution < -0.4 is 5.32 Å². The van der Waals surface area contributed by atoms with E-state index in [1.165, 1.54) is 0 Å². The van der Waals surface area contributed by atoms with Crippen LogP contribution in [0.4, 0.5) is 5.69 Å². The first-order valence-electron chi connectivity index (χ1n) is 6.27. The average Bonchev–Trinajstić information content (AvgIpc) is 2.82. The molecule has 1 aliphatic carbocycles. The summed E-state index contributed by atoms with van der Waals surface area (Å²) >= 11 is 5.86. The van der Waals surface area contributed by atoms with E-state index in [4.69, 9.17) is 16.7 Å². The summed E-state index contributed by atoms with van der Waals surface area (Å²) in [5.74, 6) is -1.51. The van der Waals surface area contributed by atoms with Gasteiger partial charge in [-0.3, -0.25) is 9.59 Å². The third-order valence-electron chi connectivity index (χ3n) is 3.60. The van der Waals surface area contributed by atoms with Gasteiger partial charge in [-0.05, 0) is 49.9 Å². The van der Waals surface area contributed by atoms with E-state index in [0.717, 1.165) is 11.3 Å². The molecule has 1 saturated carbocycles. The minimum Gasteiger partial charge on any atom is -0.481 e. The minimum atomic E-state index is -0.807. The first kappa shape index (κ1) is 13.9. The Balaban J connectivity index is 2.00. The number of aryl methyl sites for hydroxylation is 1. The van der Waals surface area contributed by atoms with Crippen molar-refractivity contribution in [3.8, 4) is 0 Å². The maximum Gasteiger partial charge on any atom is 0.306 e. The Labute approximate surface area is 116 Å². The molecule has 0 bridgehead atoms. The zero-order valence-electron chi connectivity index (χ0n) is 10.6. The molecule has 19 heavy (non-hydrogen) atoms. The lowest BCUT2D eigenvalue weighted by Gasteiger charge is -2.12. The molecule has 0 unspecified atom stereocenters. The predicted molar refractivity (Wildman–Crippen MR) is 73.3 cm³/mol. The van der Waals surface area contributed by atoms with Gasteiger partial charge in [0.15, 0.2) is 0 Å². The maximum atomic E-state index is 12.1. The van der Waals surface area contributed by atoms with Crippen LogP contribution in [0.3, 0.4) is 0 Å². The molecule has 4 nitrogen and oxygen atoms in total. The number of halogens is 1. The molecular weight excluding hydrogens is 266 g/mol. The number of aliphatic carboxylic acids is 1. The van der Waals surface area contributed by atoms with Gasteiger partial charge in [0.05, 0.1) is 5.92 Å². The lowest BCUT2D eigenvalue weighted by atomic mass is 10.0. The molecule has 0 aliphatic heterocycles. The van der Waals surface area contributed by atoms with Crippen LogP contribution in [-0.2, 0) is 9.59 Å². The standard InChI is InChI=1S/C14H16ClNO3/c1-8-6-11(15)4-5-12(8)16-13(17)9-2-3-10(7-9)14(18)19/h4-6,9-10H,2-3,7H2,1H3,(H,16,17)(H,18,19)/t9-,10+/m1/s1. The number of carbonyl (C=O) groups excluding carboxylic acids is 1. The largest absolute Gasteiger partial charge is 0.481 e. The summed E-state index contributed by atoms with van der Waals surface area (Å²) in [7, 11) is 0. The van der Waals surface area contributed by atoms with Gasteiger partial charge in [0.1, 0.15) is 0 Å². The first-order chi connectivity index (χ1) is 8.97. The third-order valence-corrected chi connectivity index (χ3v) is 3.83. The van der Waals surface area contributed by atoms with Crippen molar-refractivity contribution < 1.29 is 14.7 Å². The molecule has 102 valence electrons. The fourth-order valence-corrected chi connectivity index (χ4v) is 2.67. The molecule has 1 fully saturated rings. The number of anilines is 1. The molecule has 1 amide bonds. The van der Waals surface area contributed by atoms with Crippen molar-refractivity contribution >= 4 is 29.2 Å². The molecule has 1 aromatic carbocycles. The summed E-state index contributed by atoms with van der Waals surface area (Å²) in [4.78, 5) is 23.0. The molecule has 0 radical (unpaired) electrons. The Morgan fingerprint density at radius 2 is 2.00 bits per heavy atom. The van der Waals surface area contributed by atoms with Crippen LogP contribution in [0.1, 0.15) is 24.8 Å². The van der Waals surface area contributed by atoms with Gasteiger partial charge in [0, 0.05) is 16.6 Å². The minimum absolute atomic E-state index is 0.103. The number of carbonyl (C=O) groups is 2. The van der Waals surface area contributed by atoms with Crippen molar-refractivity contribution in [2.24, 2.45) is 11.8 Å². The summed E-state index contributed by atoms with van der Waals surface area (Å²) in [6, 6.07) is 5.27. The Hall–Kier alpha value is -1.55. The Morgan fingerprint density at radius 1 is 1.32 bits per heavy atom. The number of nitrogens with one attached hydrogen (secondary N) is 1. The van der Waals surface area contributed by atoms with Crippen LogP contribution in [0.25, 0.3) is 0 Å². The molecule has 5 heteroatoms. The Morgan fingerprint density at radius 3 is 2.58 bits per heavy atom. The monoisotopic (exact) mass is 281 g/mol. The van der Waals surface area contributed by atoms with E-state index in [1.807, 2.05) is 6.92 Å². The number of hydrogen-bond donors (Lipinski definition) is 2. The summed E-state index contributed by atoms with van der Waals surface area (Å²) in [5, 5.41) is 12.4. The highest BCUT2D eigenvalue weighted by Crippen LogP contribution is 2.32. The third kappa shape index (κ3) is 3.26. The van der Waals surface area contributed by atoms with E-state index in [0.29, 0.717) is 24.3 Å². The molecule has 0 aromatic heterocycles. The SMILES string of the molecule is Cc1cc(Cl)ccc1NC(=O)[C@@H]1CC[C@H](C(=O)O)C1. The Kier molecular flexibility index (Phi) is 4.10. The van der Waals surface area contributed by atoms with Crippen LogP contribution in [0.5, 0.6) is 0 Å². The van der Waals surface area contributed by atoms with Crippen LogP contribution in [0.15, 0.2) is 18.2 Å². The van der Waals surface area contributed by atoms with Crippen LogP contribution in [0, 0.1) is 18.8 Å². The Bertz CT molecular complexity index is 515. The quantitative estimate of drug-likeness (QED) is 0.895. The van der Waals surface area contributed by atoms with Gasteiger partial charge < -0.3 is 10.4 Å². The van der Waals surface area contributed by atoms with E-state index >= 15 is 0 Å². The van der Waals surface area contributed by atoms with Crippen LogP contribution >= 0.6 is 11.6 Å². The van der Waals surface area contributed by atoms with E-state index in [-0.39, 0.29) is 17.7 Å². The second-order valence-corrected chi connectivity index (χ2v) is 5.43. The van der Waals surface area contributed by atoms with E-state index in [1.54, 1.807) is 18.2 Å². The number of carboxylic acids is 1. The first-order valence-corrected chi connectivity index (χ1v) is 6.65. The lowest BCUT2D eigenvalue weighted by Crippen LogP contribution is -2.22.